The zero-order chi connectivity index (χ0) is 23.2. The summed E-state index contributed by atoms with van der Waals surface area (Å²) in [7, 11) is 1.61. The zero-order valence-electron chi connectivity index (χ0n) is 17.8. The van der Waals surface area contributed by atoms with Crippen LogP contribution in [-0.4, -0.2) is 46.0 Å². The first-order valence-electron chi connectivity index (χ1n) is 10.0. The summed E-state index contributed by atoms with van der Waals surface area (Å²) in [6.45, 7) is 4.38. The lowest BCUT2D eigenvalue weighted by Gasteiger charge is -2.10. The van der Waals surface area contributed by atoms with Crippen molar-refractivity contribution in [1.29, 1.82) is 0 Å². The highest BCUT2D eigenvalue weighted by Gasteiger charge is 2.14. The molecule has 0 bridgehead atoms. The predicted molar refractivity (Wildman–Crippen MR) is 123 cm³/mol. The van der Waals surface area contributed by atoms with Gasteiger partial charge < -0.3 is 20.1 Å². The van der Waals surface area contributed by atoms with Gasteiger partial charge >= 0.3 is 0 Å². The topological polar surface area (TPSA) is 103 Å². The molecular weight excluding hydrogens is 427 g/mol. The van der Waals surface area contributed by atoms with Gasteiger partial charge in [0.1, 0.15) is 12.4 Å². The number of nitrogens with zero attached hydrogens (tertiary/aromatic N) is 4. The Labute approximate surface area is 188 Å². The van der Waals surface area contributed by atoms with Crippen LogP contribution in [0.3, 0.4) is 0 Å². The molecule has 0 saturated carbocycles. The Balaban J connectivity index is 1.58. The number of carbonyl (C=O) groups excluding carboxylic acids is 1. The summed E-state index contributed by atoms with van der Waals surface area (Å²) in [5.41, 5.74) is 1.79. The molecular formula is C23H21FN6O3. The summed E-state index contributed by atoms with van der Waals surface area (Å²) in [4.78, 5) is 19.9. The first-order valence-corrected chi connectivity index (χ1v) is 10.0. The van der Waals surface area contributed by atoms with Crippen LogP contribution in [0.2, 0.25) is 0 Å². The van der Waals surface area contributed by atoms with Crippen LogP contribution in [0.25, 0.3) is 16.7 Å². The number of amides is 1. The number of fused-ring (bicyclic) bond motifs is 1. The van der Waals surface area contributed by atoms with Crippen LogP contribution in [0, 0.1) is 5.82 Å². The molecule has 0 spiro atoms. The van der Waals surface area contributed by atoms with Crippen LogP contribution in [-0.2, 0) is 9.53 Å². The Morgan fingerprint density at radius 1 is 1.15 bits per heavy atom. The van der Waals surface area contributed by atoms with E-state index >= 15 is 0 Å². The highest BCUT2D eigenvalue weighted by molar-refractivity contribution is 6.00. The van der Waals surface area contributed by atoms with Crippen LogP contribution in [0.1, 0.15) is 0 Å². The minimum Gasteiger partial charge on any atom is -0.491 e. The highest BCUT2D eigenvalue weighted by atomic mass is 19.1. The summed E-state index contributed by atoms with van der Waals surface area (Å²) in [6, 6.07) is 12.4. The first kappa shape index (κ1) is 21.9. The van der Waals surface area contributed by atoms with Crippen LogP contribution in [0.4, 0.5) is 21.7 Å². The van der Waals surface area contributed by atoms with E-state index in [0.29, 0.717) is 35.9 Å². The molecule has 0 fully saturated rings. The number of rotatable bonds is 9. The summed E-state index contributed by atoms with van der Waals surface area (Å²) in [5, 5.41) is 10.7. The smallest absolute Gasteiger partial charge is 0.247 e. The predicted octanol–water partition coefficient (Wildman–Crippen LogP) is 3.85. The van der Waals surface area contributed by atoms with E-state index in [2.05, 4.69) is 32.3 Å². The van der Waals surface area contributed by atoms with Gasteiger partial charge in [-0.2, -0.15) is 10.1 Å². The maximum absolute atomic E-state index is 14.6. The highest BCUT2D eigenvalue weighted by Crippen LogP contribution is 2.24. The minimum atomic E-state index is -0.645. The number of carbonyl (C=O) groups is 1. The van der Waals surface area contributed by atoms with Crippen molar-refractivity contribution in [1.82, 2.24) is 19.7 Å². The Morgan fingerprint density at radius 3 is 2.70 bits per heavy atom. The molecule has 0 saturated heterocycles. The number of ether oxygens (including phenoxy) is 2. The molecule has 2 aromatic carbocycles. The Morgan fingerprint density at radius 2 is 1.94 bits per heavy atom. The van der Waals surface area contributed by atoms with Crippen molar-refractivity contribution in [3.05, 3.63) is 73.3 Å². The third kappa shape index (κ3) is 5.13. The Bertz CT molecular complexity index is 1290. The number of hydrogen-bond donors (Lipinski definition) is 2. The number of anilines is 3. The molecule has 9 nitrogen and oxygen atoms in total. The van der Waals surface area contributed by atoms with Crippen molar-refractivity contribution in [3.63, 3.8) is 0 Å². The number of halogens is 1. The van der Waals surface area contributed by atoms with Gasteiger partial charge in [-0.05, 0) is 48.5 Å². The molecule has 0 aliphatic rings. The second-order valence-corrected chi connectivity index (χ2v) is 6.88. The van der Waals surface area contributed by atoms with Crippen molar-refractivity contribution >= 4 is 34.1 Å². The standard InChI is InChI=1S/C23H21FN6O3/c1-3-21(31)27-17-5-4-15-13-26-30(20(15)12-17)22-19(24)14-25-23(29-22)28-16-6-8-18(9-7-16)33-11-10-32-2/h3-9,12-14H,1,10-11H2,2H3,(H,27,31)(H,25,28,29). The van der Waals surface area contributed by atoms with Gasteiger partial charge in [0.2, 0.25) is 11.9 Å². The maximum Gasteiger partial charge on any atom is 0.247 e. The third-order valence-corrected chi connectivity index (χ3v) is 4.62. The number of nitrogens with one attached hydrogen (secondary N) is 2. The third-order valence-electron chi connectivity index (χ3n) is 4.62. The van der Waals surface area contributed by atoms with Crippen molar-refractivity contribution in [2.45, 2.75) is 0 Å². The van der Waals surface area contributed by atoms with Gasteiger partial charge in [0.15, 0.2) is 11.6 Å². The number of methoxy groups -OCH3 is 1. The maximum atomic E-state index is 14.6. The summed E-state index contributed by atoms with van der Waals surface area (Å²) < 4.78 is 26.5. The molecule has 33 heavy (non-hydrogen) atoms. The monoisotopic (exact) mass is 448 g/mol. The fourth-order valence-corrected chi connectivity index (χ4v) is 3.03. The Kier molecular flexibility index (Phi) is 6.56. The lowest BCUT2D eigenvalue weighted by molar-refractivity contribution is -0.111. The fraction of sp³-hybridized carbons (Fsp3) is 0.130. The zero-order valence-corrected chi connectivity index (χ0v) is 17.8. The van der Waals surface area contributed by atoms with Gasteiger partial charge in [-0.15, -0.1) is 0 Å². The van der Waals surface area contributed by atoms with Crippen LogP contribution >= 0.6 is 0 Å². The second-order valence-electron chi connectivity index (χ2n) is 6.88. The molecule has 1 amide bonds. The molecule has 0 aliphatic heterocycles. The Hall–Kier alpha value is -4.31. The molecule has 0 radical (unpaired) electrons. The van der Waals surface area contributed by atoms with Crippen LogP contribution < -0.4 is 15.4 Å². The van der Waals surface area contributed by atoms with Gasteiger partial charge in [0.25, 0.3) is 0 Å². The minimum absolute atomic E-state index is 0.0331. The molecule has 0 aliphatic carbocycles. The van der Waals surface area contributed by atoms with Gasteiger partial charge in [-0.25, -0.2) is 14.1 Å². The van der Waals surface area contributed by atoms with Crippen LogP contribution in [0.15, 0.2) is 67.5 Å². The van der Waals surface area contributed by atoms with Gasteiger partial charge in [0, 0.05) is 23.9 Å². The molecule has 2 aromatic heterocycles. The number of hydrogen-bond acceptors (Lipinski definition) is 7. The second kappa shape index (κ2) is 9.88. The number of benzene rings is 2. The molecule has 168 valence electrons. The largest absolute Gasteiger partial charge is 0.491 e. The van der Waals surface area contributed by atoms with Gasteiger partial charge in [-0.1, -0.05) is 6.58 Å². The van der Waals surface area contributed by atoms with E-state index in [1.54, 1.807) is 55.8 Å². The molecule has 4 aromatic rings. The summed E-state index contributed by atoms with van der Waals surface area (Å²) in [5.74, 6) is -0.141. The van der Waals surface area contributed by atoms with Gasteiger partial charge in [-0.3, -0.25) is 4.79 Å². The van der Waals surface area contributed by atoms with Crippen molar-refractivity contribution in [2.24, 2.45) is 0 Å². The van der Waals surface area contributed by atoms with Crippen molar-refractivity contribution < 1.29 is 18.7 Å². The lowest BCUT2D eigenvalue weighted by atomic mass is 10.2. The molecule has 10 heteroatoms. The quantitative estimate of drug-likeness (QED) is 0.296. The molecule has 2 heterocycles. The van der Waals surface area contributed by atoms with Crippen LogP contribution in [0.5, 0.6) is 5.75 Å². The van der Waals surface area contributed by atoms with E-state index in [0.717, 1.165) is 11.6 Å². The average Bonchev–Trinajstić information content (AvgIpc) is 3.24. The average molecular weight is 448 g/mol. The molecule has 4 rings (SSSR count). The van der Waals surface area contributed by atoms with E-state index < -0.39 is 5.82 Å². The molecule has 2 N–H and O–H groups in total. The van der Waals surface area contributed by atoms with E-state index in [1.807, 2.05) is 0 Å². The molecule has 0 atom stereocenters. The van der Waals surface area contributed by atoms with E-state index in [1.165, 1.54) is 10.8 Å². The molecule has 0 unspecified atom stereocenters. The first-order chi connectivity index (χ1) is 16.1. The van der Waals surface area contributed by atoms with E-state index in [-0.39, 0.29) is 17.7 Å². The van der Waals surface area contributed by atoms with Gasteiger partial charge in [0.05, 0.1) is 24.5 Å². The number of aromatic nitrogens is 4. The van der Waals surface area contributed by atoms with Crippen molar-refractivity contribution in [3.8, 4) is 11.6 Å². The lowest BCUT2D eigenvalue weighted by Crippen LogP contribution is -2.09. The summed E-state index contributed by atoms with van der Waals surface area (Å²) >= 11 is 0. The fourth-order valence-electron chi connectivity index (χ4n) is 3.03. The normalized spacial score (nSPS) is 10.7. The summed E-state index contributed by atoms with van der Waals surface area (Å²) in [6.07, 6.45) is 3.83. The van der Waals surface area contributed by atoms with E-state index in [4.69, 9.17) is 9.47 Å². The SMILES string of the molecule is C=CC(=O)Nc1ccc2cnn(-c3nc(Nc4ccc(OCCOC)cc4)ncc3F)c2c1. The van der Waals surface area contributed by atoms with E-state index in [9.17, 15) is 9.18 Å². The van der Waals surface area contributed by atoms with Crippen molar-refractivity contribution in [2.75, 3.05) is 31.0 Å².